The van der Waals surface area contributed by atoms with Gasteiger partial charge in [-0.2, -0.15) is 4.94 Å². The Hall–Kier alpha value is -1.69. The van der Waals surface area contributed by atoms with Gasteiger partial charge in [0.25, 0.3) is 0 Å². The minimum absolute atomic E-state index is 0.356. The summed E-state index contributed by atoms with van der Waals surface area (Å²) in [5.41, 5.74) is 2.22. The first kappa shape index (κ1) is 15.2. The summed E-state index contributed by atoms with van der Waals surface area (Å²) < 4.78 is 24.6. The minimum atomic E-state index is -1.03. The number of ether oxygens (including phenoxy) is 1. The van der Waals surface area contributed by atoms with Crippen molar-refractivity contribution in [3.63, 3.8) is 0 Å². The van der Waals surface area contributed by atoms with Gasteiger partial charge in [0.2, 0.25) is 6.29 Å². The third kappa shape index (κ3) is 3.06. The Balaban J connectivity index is 1.97. The number of rotatable bonds is 5. The monoisotopic (exact) mass is 364 g/mol. The summed E-state index contributed by atoms with van der Waals surface area (Å²) in [4.78, 5) is 3.86. The van der Waals surface area contributed by atoms with Gasteiger partial charge in [-0.1, -0.05) is 40.2 Å². The lowest BCUT2D eigenvalue weighted by atomic mass is 10.1. The fourth-order valence-corrected chi connectivity index (χ4v) is 2.54. The molecule has 1 heterocycles. The van der Waals surface area contributed by atoms with E-state index >= 15 is 0 Å². The maximum Gasteiger partial charge on any atom is 0.222 e. The van der Waals surface area contributed by atoms with Crippen LogP contribution in [0, 0.1) is 0 Å². The van der Waals surface area contributed by atoms with Crippen LogP contribution in [0.1, 0.15) is 18.8 Å². The van der Waals surface area contributed by atoms with Crippen LogP contribution in [0.25, 0.3) is 22.3 Å². The lowest BCUT2D eigenvalue weighted by molar-refractivity contribution is -0.278. The zero-order valence-electron chi connectivity index (χ0n) is 11.9. The molecular weight excluding hydrogens is 351 g/mol. The normalized spacial score (nSPS) is 12.7. The first-order valence-corrected chi connectivity index (χ1v) is 7.69. The molecule has 0 saturated carbocycles. The summed E-state index contributed by atoms with van der Waals surface area (Å²) in [5, 5.41) is 0.941. The summed E-state index contributed by atoms with van der Waals surface area (Å²) >= 11 is 3.41. The van der Waals surface area contributed by atoms with Crippen molar-refractivity contribution < 1.29 is 18.6 Å². The van der Waals surface area contributed by atoms with E-state index in [1.54, 1.807) is 19.1 Å². The van der Waals surface area contributed by atoms with Crippen LogP contribution in [0.2, 0.25) is 0 Å². The summed E-state index contributed by atoms with van der Waals surface area (Å²) in [6.45, 7) is 2.14. The molecule has 0 aliphatic heterocycles. The van der Waals surface area contributed by atoms with Gasteiger partial charge in [0.05, 0.1) is 0 Å². The SMILES string of the molecule is CCOC(OF)c1ccc2cc(-c3ccc(Br)cc3)oc2c1. The van der Waals surface area contributed by atoms with Crippen molar-refractivity contribution in [1.29, 1.82) is 0 Å². The Bertz CT molecular complexity index is 767. The number of hydrogen-bond donors (Lipinski definition) is 0. The van der Waals surface area contributed by atoms with Crippen LogP contribution in [-0.4, -0.2) is 6.61 Å². The first-order valence-electron chi connectivity index (χ1n) is 6.89. The van der Waals surface area contributed by atoms with E-state index in [1.807, 2.05) is 36.4 Å². The highest BCUT2D eigenvalue weighted by Gasteiger charge is 2.15. The van der Waals surface area contributed by atoms with Crippen molar-refractivity contribution >= 4 is 26.9 Å². The van der Waals surface area contributed by atoms with E-state index in [9.17, 15) is 4.53 Å². The Morgan fingerprint density at radius 3 is 2.59 bits per heavy atom. The quantitative estimate of drug-likeness (QED) is 0.536. The van der Waals surface area contributed by atoms with Crippen molar-refractivity contribution in [3.8, 4) is 11.3 Å². The topological polar surface area (TPSA) is 31.6 Å². The molecular formula is C17H14BrFO3. The van der Waals surface area contributed by atoms with E-state index in [2.05, 4.69) is 20.9 Å². The van der Waals surface area contributed by atoms with E-state index < -0.39 is 6.29 Å². The first-order chi connectivity index (χ1) is 10.7. The van der Waals surface area contributed by atoms with E-state index in [-0.39, 0.29) is 0 Å². The largest absolute Gasteiger partial charge is 0.456 e. The fourth-order valence-electron chi connectivity index (χ4n) is 2.28. The molecule has 114 valence electrons. The highest BCUT2D eigenvalue weighted by Crippen LogP contribution is 2.31. The standard InChI is InChI=1S/C17H14BrFO3/c1-2-20-17(22-19)13-4-3-12-9-15(21-16(12)10-13)11-5-7-14(18)8-6-11/h3-10,17H,2H2,1H3. The van der Waals surface area contributed by atoms with Crippen LogP contribution in [-0.2, 0) is 9.68 Å². The van der Waals surface area contributed by atoms with E-state index in [1.165, 1.54) is 0 Å². The van der Waals surface area contributed by atoms with Crippen molar-refractivity contribution in [2.24, 2.45) is 0 Å². The highest BCUT2D eigenvalue weighted by atomic mass is 79.9. The second-order valence-electron chi connectivity index (χ2n) is 4.79. The molecule has 0 saturated heterocycles. The fraction of sp³-hybridized carbons (Fsp3) is 0.176. The van der Waals surface area contributed by atoms with Crippen molar-refractivity contribution in [1.82, 2.24) is 0 Å². The van der Waals surface area contributed by atoms with E-state index in [4.69, 9.17) is 9.15 Å². The zero-order chi connectivity index (χ0) is 15.5. The Labute approximate surface area is 135 Å². The predicted molar refractivity (Wildman–Crippen MR) is 85.9 cm³/mol. The summed E-state index contributed by atoms with van der Waals surface area (Å²) in [6, 6.07) is 15.2. The molecule has 5 heteroatoms. The molecule has 0 aliphatic carbocycles. The van der Waals surface area contributed by atoms with Gasteiger partial charge >= 0.3 is 0 Å². The highest BCUT2D eigenvalue weighted by molar-refractivity contribution is 9.10. The van der Waals surface area contributed by atoms with Gasteiger partial charge in [0, 0.05) is 27.6 Å². The van der Waals surface area contributed by atoms with Crippen LogP contribution >= 0.6 is 15.9 Å². The maximum absolute atomic E-state index is 12.6. The smallest absolute Gasteiger partial charge is 0.222 e. The molecule has 0 fully saturated rings. The molecule has 22 heavy (non-hydrogen) atoms. The second-order valence-corrected chi connectivity index (χ2v) is 5.71. The molecule has 0 N–H and O–H groups in total. The van der Waals surface area contributed by atoms with Crippen LogP contribution in [0.4, 0.5) is 4.53 Å². The molecule has 0 amide bonds. The van der Waals surface area contributed by atoms with Crippen molar-refractivity contribution in [3.05, 3.63) is 58.6 Å². The lowest BCUT2D eigenvalue weighted by Gasteiger charge is -2.11. The molecule has 1 aromatic heterocycles. The molecule has 0 bridgehead atoms. The third-order valence-corrected chi connectivity index (χ3v) is 3.87. The minimum Gasteiger partial charge on any atom is -0.456 e. The molecule has 1 atom stereocenters. The Morgan fingerprint density at radius 1 is 1.14 bits per heavy atom. The van der Waals surface area contributed by atoms with Crippen molar-refractivity contribution in [2.75, 3.05) is 6.61 Å². The zero-order valence-corrected chi connectivity index (χ0v) is 13.5. The van der Waals surface area contributed by atoms with Gasteiger partial charge in [0.1, 0.15) is 11.3 Å². The molecule has 3 aromatic rings. The average molecular weight is 365 g/mol. The van der Waals surface area contributed by atoms with Gasteiger partial charge < -0.3 is 9.15 Å². The van der Waals surface area contributed by atoms with E-state index in [0.29, 0.717) is 17.8 Å². The molecule has 0 aliphatic rings. The van der Waals surface area contributed by atoms with Gasteiger partial charge in [-0.25, -0.2) is 0 Å². The number of furan rings is 1. The maximum atomic E-state index is 12.6. The van der Waals surface area contributed by atoms with Gasteiger partial charge in [-0.05, 0) is 35.7 Å². The Morgan fingerprint density at radius 2 is 1.91 bits per heavy atom. The third-order valence-electron chi connectivity index (χ3n) is 3.34. The van der Waals surface area contributed by atoms with E-state index in [0.717, 1.165) is 21.2 Å². The van der Waals surface area contributed by atoms with Crippen LogP contribution in [0.5, 0.6) is 0 Å². The summed E-state index contributed by atoms with van der Waals surface area (Å²) in [5.74, 6) is 0.758. The van der Waals surface area contributed by atoms with Gasteiger partial charge in [0.15, 0.2) is 0 Å². The number of benzene rings is 2. The molecule has 3 nitrogen and oxygen atoms in total. The lowest BCUT2D eigenvalue weighted by Crippen LogP contribution is -2.04. The molecule has 2 aromatic carbocycles. The Kier molecular flexibility index (Phi) is 4.57. The summed E-state index contributed by atoms with van der Waals surface area (Å²) in [7, 11) is 0. The van der Waals surface area contributed by atoms with Crippen molar-refractivity contribution in [2.45, 2.75) is 13.2 Å². The van der Waals surface area contributed by atoms with Gasteiger partial charge in [-0.3, -0.25) is 0 Å². The molecule has 0 radical (unpaired) electrons. The second kappa shape index (κ2) is 6.60. The molecule has 1 unspecified atom stereocenters. The summed E-state index contributed by atoms with van der Waals surface area (Å²) in [6.07, 6.45) is -1.03. The van der Waals surface area contributed by atoms with Gasteiger partial charge in [-0.15, -0.1) is 0 Å². The van der Waals surface area contributed by atoms with Crippen LogP contribution < -0.4 is 0 Å². The molecule has 3 rings (SSSR count). The predicted octanol–water partition coefficient (Wildman–Crippen LogP) is 5.80. The molecule has 0 spiro atoms. The van der Waals surface area contributed by atoms with Crippen LogP contribution in [0.15, 0.2) is 57.4 Å². The number of hydrogen-bond acceptors (Lipinski definition) is 3. The average Bonchev–Trinajstić information content (AvgIpc) is 2.96. The number of halogens is 2. The number of fused-ring (bicyclic) bond motifs is 1. The van der Waals surface area contributed by atoms with Crippen LogP contribution in [0.3, 0.4) is 0 Å².